The van der Waals surface area contributed by atoms with Crippen LogP contribution in [0.1, 0.15) is 28.8 Å². The van der Waals surface area contributed by atoms with Crippen molar-refractivity contribution < 1.29 is 4.79 Å². The number of carbonyl (C=O) groups is 1. The zero-order chi connectivity index (χ0) is 21.6. The van der Waals surface area contributed by atoms with Gasteiger partial charge in [-0.1, -0.05) is 23.8 Å². The molecule has 2 aromatic carbocycles. The number of nitrogens with one attached hydrogen (secondary N) is 2. The minimum atomic E-state index is -0.133. The summed E-state index contributed by atoms with van der Waals surface area (Å²) in [5.74, 6) is 1.01. The molecule has 2 heterocycles. The zero-order valence-corrected chi connectivity index (χ0v) is 18.5. The van der Waals surface area contributed by atoms with Gasteiger partial charge in [-0.15, -0.1) is 11.8 Å². The summed E-state index contributed by atoms with van der Waals surface area (Å²) in [5.41, 5.74) is 2.63. The molecule has 4 rings (SSSR count). The van der Waals surface area contributed by atoms with Gasteiger partial charge in [-0.05, 0) is 50.1 Å². The summed E-state index contributed by atoms with van der Waals surface area (Å²) < 4.78 is 0. The quantitative estimate of drug-likeness (QED) is 0.606. The molecule has 1 fully saturated rings. The van der Waals surface area contributed by atoms with Gasteiger partial charge in [-0.25, -0.2) is 9.97 Å². The molecule has 0 spiro atoms. The maximum absolute atomic E-state index is 11.8. The first-order valence-electron chi connectivity index (χ1n) is 10.4. The summed E-state index contributed by atoms with van der Waals surface area (Å²) in [6, 6.07) is 16.0. The summed E-state index contributed by atoms with van der Waals surface area (Å²) in [6.45, 7) is 3.95. The molecular formula is C23H26N6OS. The van der Waals surface area contributed by atoms with Crippen LogP contribution in [0.25, 0.3) is 0 Å². The Morgan fingerprint density at radius 3 is 2.61 bits per heavy atom. The molecule has 7 nitrogen and oxygen atoms in total. The third-order valence-corrected chi connectivity index (χ3v) is 6.56. The number of piperidine rings is 1. The van der Waals surface area contributed by atoms with Gasteiger partial charge in [-0.3, -0.25) is 4.79 Å². The van der Waals surface area contributed by atoms with Crippen LogP contribution in [0.15, 0.2) is 59.8 Å². The molecule has 0 unspecified atom stereocenters. The number of amides is 1. The van der Waals surface area contributed by atoms with E-state index >= 15 is 0 Å². The van der Waals surface area contributed by atoms with E-state index in [-0.39, 0.29) is 5.91 Å². The first kappa shape index (κ1) is 21.1. The fourth-order valence-corrected chi connectivity index (χ4v) is 4.62. The molecule has 1 aliphatic rings. The van der Waals surface area contributed by atoms with E-state index in [9.17, 15) is 4.79 Å². The molecule has 0 radical (unpaired) electrons. The van der Waals surface area contributed by atoms with E-state index in [2.05, 4.69) is 61.7 Å². The zero-order valence-electron chi connectivity index (χ0n) is 17.7. The highest BCUT2D eigenvalue weighted by molar-refractivity contribution is 8.00. The highest BCUT2D eigenvalue weighted by atomic mass is 32.2. The van der Waals surface area contributed by atoms with Crippen molar-refractivity contribution in [2.24, 2.45) is 0 Å². The monoisotopic (exact) mass is 434 g/mol. The second-order valence-corrected chi connectivity index (χ2v) is 8.89. The fraction of sp³-hybridized carbons (Fsp3) is 0.304. The van der Waals surface area contributed by atoms with Gasteiger partial charge in [0, 0.05) is 41.5 Å². The Bertz CT molecular complexity index is 1030. The van der Waals surface area contributed by atoms with Gasteiger partial charge in [0.15, 0.2) is 0 Å². The standard InChI is InChI=1S/C23H26N6OS/c1-16-6-8-19(9-7-16)31-20-10-12-29(13-11-20)23-26-15-25-22(28-23)27-18-5-3-4-17(14-18)21(30)24-2/h3-9,14-15,20H,10-13H2,1-2H3,(H,24,30)(H,25,26,27,28). The van der Waals surface area contributed by atoms with Crippen molar-refractivity contribution in [3.8, 4) is 0 Å². The second kappa shape index (κ2) is 9.78. The molecule has 3 aromatic rings. The predicted octanol–water partition coefficient (Wildman–Crippen LogP) is 4.04. The van der Waals surface area contributed by atoms with Gasteiger partial charge in [-0.2, -0.15) is 4.98 Å². The van der Waals surface area contributed by atoms with E-state index in [1.54, 1.807) is 19.2 Å². The summed E-state index contributed by atoms with van der Waals surface area (Å²) in [5, 5.41) is 6.41. The summed E-state index contributed by atoms with van der Waals surface area (Å²) in [4.78, 5) is 28.6. The van der Waals surface area contributed by atoms with Crippen molar-refractivity contribution in [2.75, 3.05) is 30.4 Å². The minimum Gasteiger partial charge on any atom is -0.355 e. The van der Waals surface area contributed by atoms with E-state index in [1.165, 1.54) is 16.8 Å². The first-order valence-corrected chi connectivity index (χ1v) is 11.2. The van der Waals surface area contributed by atoms with Crippen LogP contribution in [0.4, 0.5) is 17.6 Å². The van der Waals surface area contributed by atoms with Crippen molar-refractivity contribution in [3.63, 3.8) is 0 Å². The van der Waals surface area contributed by atoms with E-state index < -0.39 is 0 Å². The van der Waals surface area contributed by atoms with Crippen LogP contribution in [-0.4, -0.2) is 46.2 Å². The summed E-state index contributed by atoms with van der Waals surface area (Å²) in [6.07, 6.45) is 3.70. The lowest BCUT2D eigenvalue weighted by atomic mass is 10.1. The lowest BCUT2D eigenvalue weighted by molar-refractivity contribution is 0.0963. The minimum absolute atomic E-state index is 0.133. The highest BCUT2D eigenvalue weighted by Gasteiger charge is 2.22. The third-order valence-electron chi connectivity index (χ3n) is 5.22. The molecule has 0 aliphatic carbocycles. The van der Waals surface area contributed by atoms with E-state index in [4.69, 9.17) is 0 Å². The van der Waals surface area contributed by atoms with Crippen LogP contribution in [0.3, 0.4) is 0 Å². The Balaban J connectivity index is 1.37. The highest BCUT2D eigenvalue weighted by Crippen LogP contribution is 2.31. The molecule has 31 heavy (non-hydrogen) atoms. The van der Waals surface area contributed by atoms with E-state index in [0.717, 1.165) is 31.6 Å². The number of aryl methyl sites for hydroxylation is 1. The average molecular weight is 435 g/mol. The number of rotatable bonds is 6. The van der Waals surface area contributed by atoms with Gasteiger partial charge < -0.3 is 15.5 Å². The Morgan fingerprint density at radius 2 is 1.87 bits per heavy atom. The Kier molecular flexibility index (Phi) is 6.66. The molecule has 1 aromatic heterocycles. The van der Waals surface area contributed by atoms with Crippen LogP contribution >= 0.6 is 11.8 Å². The number of benzene rings is 2. The van der Waals surface area contributed by atoms with Crippen molar-refractivity contribution in [1.29, 1.82) is 0 Å². The molecule has 1 amide bonds. The number of carbonyl (C=O) groups excluding carboxylic acids is 1. The summed E-state index contributed by atoms with van der Waals surface area (Å²) in [7, 11) is 1.61. The maximum Gasteiger partial charge on any atom is 0.251 e. The van der Waals surface area contributed by atoms with Gasteiger partial charge in [0.2, 0.25) is 11.9 Å². The smallest absolute Gasteiger partial charge is 0.251 e. The van der Waals surface area contributed by atoms with Crippen LogP contribution in [0.2, 0.25) is 0 Å². The Hall–Kier alpha value is -3.13. The normalized spacial score (nSPS) is 14.3. The largest absolute Gasteiger partial charge is 0.355 e. The summed E-state index contributed by atoms with van der Waals surface area (Å²) >= 11 is 1.96. The Morgan fingerprint density at radius 1 is 1.10 bits per heavy atom. The van der Waals surface area contributed by atoms with Crippen LogP contribution < -0.4 is 15.5 Å². The molecule has 0 bridgehead atoms. The SMILES string of the molecule is CNC(=O)c1cccc(Nc2ncnc(N3CCC(Sc4ccc(C)cc4)CC3)n2)c1. The third kappa shape index (κ3) is 5.52. The predicted molar refractivity (Wildman–Crippen MR) is 125 cm³/mol. The van der Waals surface area contributed by atoms with Gasteiger partial charge in [0.1, 0.15) is 6.33 Å². The number of hydrogen-bond acceptors (Lipinski definition) is 7. The van der Waals surface area contributed by atoms with E-state index in [0.29, 0.717) is 22.7 Å². The molecule has 0 atom stereocenters. The number of nitrogens with zero attached hydrogens (tertiary/aromatic N) is 4. The van der Waals surface area contributed by atoms with Crippen molar-refractivity contribution >= 4 is 35.3 Å². The molecule has 1 aliphatic heterocycles. The number of aromatic nitrogens is 3. The second-order valence-electron chi connectivity index (χ2n) is 7.51. The van der Waals surface area contributed by atoms with Crippen molar-refractivity contribution in [3.05, 3.63) is 66.0 Å². The molecule has 0 saturated carbocycles. The van der Waals surface area contributed by atoms with Gasteiger partial charge in [0.25, 0.3) is 5.91 Å². The van der Waals surface area contributed by atoms with Gasteiger partial charge >= 0.3 is 0 Å². The van der Waals surface area contributed by atoms with E-state index in [1.807, 2.05) is 23.9 Å². The molecule has 1 saturated heterocycles. The lowest BCUT2D eigenvalue weighted by Gasteiger charge is -2.31. The van der Waals surface area contributed by atoms with Crippen LogP contribution in [0, 0.1) is 6.92 Å². The lowest BCUT2D eigenvalue weighted by Crippen LogP contribution is -2.36. The molecule has 160 valence electrons. The number of thioether (sulfide) groups is 1. The van der Waals surface area contributed by atoms with Crippen molar-refractivity contribution in [1.82, 2.24) is 20.3 Å². The van der Waals surface area contributed by atoms with Crippen LogP contribution in [-0.2, 0) is 0 Å². The van der Waals surface area contributed by atoms with Crippen LogP contribution in [0.5, 0.6) is 0 Å². The molecular weight excluding hydrogens is 408 g/mol. The van der Waals surface area contributed by atoms with Gasteiger partial charge in [0.05, 0.1) is 0 Å². The topological polar surface area (TPSA) is 83.0 Å². The maximum atomic E-state index is 11.8. The number of hydrogen-bond donors (Lipinski definition) is 2. The average Bonchev–Trinajstić information content (AvgIpc) is 2.81. The molecule has 8 heteroatoms. The number of anilines is 3. The van der Waals surface area contributed by atoms with Crippen molar-refractivity contribution in [2.45, 2.75) is 29.9 Å². The molecule has 2 N–H and O–H groups in total. The first-order chi connectivity index (χ1) is 15.1. The fourth-order valence-electron chi connectivity index (χ4n) is 3.49. The Labute approximate surface area is 186 Å².